The molecule has 2 aliphatic heterocycles. The molecule has 0 bridgehead atoms. The lowest BCUT2D eigenvalue weighted by Gasteiger charge is -2.20. The molecule has 0 aliphatic carbocycles. The van der Waals surface area contributed by atoms with Crippen LogP contribution >= 0.6 is 11.6 Å². The summed E-state index contributed by atoms with van der Waals surface area (Å²) in [4.78, 5) is 17.7. The number of carbonyl (C=O) groups excluding carboxylic acids is 1. The number of halogens is 4. The van der Waals surface area contributed by atoms with Crippen LogP contribution in [0, 0.1) is 0 Å². The highest BCUT2D eigenvalue weighted by atomic mass is 35.5. The van der Waals surface area contributed by atoms with Crippen molar-refractivity contribution in [3.63, 3.8) is 0 Å². The molecule has 2 fully saturated rings. The van der Waals surface area contributed by atoms with E-state index in [2.05, 4.69) is 15.6 Å². The quantitative estimate of drug-likeness (QED) is 0.736. The van der Waals surface area contributed by atoms with Gasteiger partial charge in [0.2, 0.25) is 5.91 Å². The van der Waals surface area contributed by atoms with Crippen LogP contribution in [0.15, 0.2) is 12.3 Å². The van der Waals surface area contributed by atoms with E-state index in [1.54, 1.807) is 4.90 Å². The lowest BCUT2D eigenvalue weighted by molar-refractivity contribution is -0.137. The number of hydrogen-bond donors (Lipinski definition) is 3. The van der Waals surface area contributed by atoms with Gasteiger partial charge < -0.3 is 20.6 Å². The van der Waals surface area contributed by atoms with Gasteiger partial charge in [0.1, 0.15) is 5.82 Å². The van der Waals surface area contributed by atoms with Crippen molar-refractivity contribution >= 4 is 23.3 Å². The Kier molecular flexibility index (Phi) is 5.08. The first-order chi connectivity index (χ1) is 11.7. The summed E-state index contributed by atoms with van der Waals surface area (Å²) in [6, 6.07) is 0.295. The summed E-state index contributed by atoms with van der Waals surface area (Å²) in [5.41, 5.74) is -0.892. The van der Waals surface area contributed by atoms with Crippen LogP contribution in [0.2, 0.25) is 5.02 Å². The minimum absolute atomic E-state index is 0.0672. The molecule has 2 aliphatic rings. The average molecular weight is 379 g/mol. The van der Waals surface area contributed by atoms with Crippen LogP contribution in [0.5, 0.6) is 0 Å². The van der Waals surface area contributed by atoms with Gasteiger partial charge in [-0.15, -0.1) is 0 Å². The highest BCUT2D eigenvalue weighted by molar-refractivity contribution is 6.33. The standard InChI is InChI=1S/C15H18ClF3N4O2/c16-11-3-8(15(17,18)19)5-21-13(11)23-2-1-9(7-23)22-14(25)12-4-10(24)6-20-12/h3,5,9-10,12,20,24H,1-2,4,6-7H2,(H,22,25)/t9-,10-,12+/m1/s1. The van der Waals surface area contributed by atoms with E-state index >= 15 is 0 Å². The maximum Gasteiger partial charge on any atom is 0.417 e. The van der Waals surface area contributed by atoms with E-state index in [1.165, 1.54) is 0 Å². The highest BCUT2D eigenvalue weighted by Crippen LogP contribution is 2.34. The van der Waals surface area contributed by atoms with Gasteiger partial charge in [0, 0.05) is 31.9 Å². The first-order valence-electron chi connectivity index (χ1n) is 7.93. The summed E-state index contributed by atoms with van der Waals surface area (Å²) in [7, 11) is 0. The van der Waals surface area contributed by atoms with Gasteiger partial charge in [-0.3, -0.25) is 4.79 Å². The SMILES string of the molecule is O=C(N[C@@H]1CCN(c2ncc(C(F)(F)F)cc2Cl)C1)[C@@H]1C[C@@H](O)CN1. The van der Waals surface area contributed by atoms with Crippen LogP contribution < -0.4 is 15.5 Å². The van der Waals surface area contributed by atoms with E-state index < -0.39 is 23.9 Å². The number of alkyl halides is 3. The third kappa shape index (κ3) is 4.16. The van der Waals surface area contributed by atoms with Crippen molar-refractivity contribution < 1.29 is 23.1 Å². The number of aromatic nitrogens is 1. The summed E-state index contributed by atoms with van der Waals surface area (Å²) < 4.78 is 38.0. The van der Waals surface area contributed by atoms with Crippen LogP contribution in [0.1, 0.15) is 18.4 Å². The van der Waals surface area contributed by atoms with Gasteiger partial charge in [-0.2, -0.15) is 13.2 Å². The molecule has 3 N–H and O–H groups in total. The lowest BCUT2D eigenvalue weighted by Crippen LogP contribution is -2.46. The summed E-state index contributed by atoms with van der Waals surface area (Å²) >= 11 is 5.96. The molecule has 10 heteroatoms. The maximum atomic E-state index is 12.7. The maximum absolute atomic E-state index is 12.7. The molecule has 1 aromatic heterocycles. The van der Waals surface area contributed by atoms with Gasteiger partial charge in [0.05, 0.1) is 22.7 Å². The van der Waals surface area contributed by atoms with Crippen LogP contribution in [0.25, 0.3) is 0 Å². The van der Waals surface area contributed by atoms with Gasteiger partial charge >= 0.3 is 6.18 Å². The van der Waals surface area contributed by atoms with E-state index in [0.717, 1.165) is 12.3 Å². The molecule has 6 nitrogen and oxygen atoms in total. The monoisotopic (exact) mass is 378 g/mol. The minimum atomic E-state index is -4.49. The number of hydrogen-bond acceptors (Lipinski definition) is 5. The average Bonchev–Trinajstić information content (AvgIpc) is 3.15. The number of β-amino-alcohol motifs (C(OH)–C–C–N with tert-alkyl or cyclic N) is 1. The normalized spacial score (nSPS) is 26.9. The van der Waals surface area contributed by atoms with Gasteiger partial charge in [-0.1, -0.05) is 11.6 Å². The first kappa shape index (κ1) is 18.2. The Morgan fingerprint density at radius 2 is 2.24 bits per heavy atom. The molecule has 3 heterocycles. The Labute approximate surface area is 147 Å². The molecule has 0 spiro atoms. The Hall–Kier alpha value is -1.58. The second kappa shape index (κ2) is 6.97. The number of aliphatic hydroxyl groups is 1. The van der Waals surface area contributed by atoms with E-state index in [4.69, 9.17) is 11.6 Å². The predicted molar refractivity (Wildman–Crippen MR) is 85.4 cm³/mol. The predicted octanol–water partition coefficient (Wildman–Crippen LogP) is 1.17. The number of aliphatic hydroxyl groups excluding tert-OH is 1. The van der Waals surface area contributed by atoms with Crippen LogP contribution in [-0.4, -0.2) is 53.8 Å². The first-order valence-corrected chi connectivity index (χ1v) is 8.31. The van der Waals surface area contributed by atoms with Gasteiger partial charge in [0.25, 0.3) is 0 Å². The topological polar surface area (TPSA) is 77.5 Å². The zero-order chi connectivity index (χ0) is 18.2. The van der Waals surface area contributed by atoms with Gasteiger partial charge in [-0.25, -0.2) is 4.98 Å². The van der Waals surface area contributed by atoms with Crippen molar-refractivity contribution in [1.29, 1.82) is 0 Å². The van der Waals surface area contributed by atoms with Crippen molar-refractivity contribution in [2.75, 3.05) is 24.5 Å². The molecule has 0 unspecified atom stereocenters. The Balaban J connectivity index is 1.60. The number of carbonyl (C=O) groups is 1. The number of nitrogens with one attached hydrogen (secondary N) is 2. The second-order valence-electron chi connectivity index (χ2n) is 6.32. The summed E-state index contributed by atoms with van der Waals surface area (Å²) in [5.74, 6) is 0.0932. The molecule has 0 aromatic carbocycles. The van der Waals surface area contributed by atoms with Crippen molar-refractivity contribution in [1.82, 2.24) is 15.6 Å². The van der Waals surface area contributed by atoms with E-state index in [9.17, 15) is 23.1 Å². The fraction of sp³-hybridized carbons (Fsp3) is 0.600. The molecule has 138 valence electrons. The molecule has 1 amide bonds. The molecule has 3 rings (SSSR count). The minimum Gasteiger partial charge on any atom is -0.392 e. The second-order valence-corrected chi connectivity index (χ2v) is 6.72. The molecule has 2 saturated heterocycles. The third-order valence-electron chi connectivity index (χ3n) is 4.41. The van der Waals surface area contributed by atoms with E-state index in [-0.39, 0.29) is 22.8 Å². The number of pyridine rings is 1. The Morgan fingerprint density at radius 3 is 2.84 bits per heavy atom. The summed E-state index contributed by atoms with van der Waals surface area (Å²) in [6.45, 7) is 1.34. The molecule has 3 atom stereocenters. The van der Waals surface area contributed by atoms with Crippen LogP contribution in [0.3, 0.4) is 0 Å². The molecule has 1 aromatic rings. The molecular formula is C15H18ClF3N4O2. The largest absolute Gasteiger partial charge is 0.417 e. The van der Waals surface area contributed by atoms with E-state index in [0.29, 0.717) is 32.5 Å². The number of nitrogens with zero attached hydrogens (tertiary/aromatic N) is 2. The molecule has 0 radical (unpaired) electrons. The molecular weight excluding hydrogens is 361 g/mol. The fourth-order valence-electron chi connectivity index (χ4n) is 3.11. The van der Waals surface area contributed by atoms with Crippen molar-refractivity contribution in [2.45, 2.75) is 37.2 Å². The zero-order valence-electron chi connectivity index (χ0n) is 13.2. The van der Waals surface area contributed by atoms with Crippen LogP contribution in [0.4, 0.5) is 19.0 Å². The highest BCUT2D eigenvalue weighted by Gasteiger charge is 2.34. The lowest BCUT2D eigenvalue weighted by atomic mass is 10.1. The van der Waals surface area contributed by atoms with Crippen molar-refractivity contribution in [3.8, 4) is 0 Å². The van der Waals surface area contributed by atoms with Crippen LogP contribution in [-0.2, 0) is 11.0 Å². The number of rotatable bonds is 3. The zero-order valence-corrected chi connectivity index (χ0v) is 13.9. The molecule has 25 heavy (non-hydrogen) atoms. The van der Waals surface area contributed by atoms with Gasteiger partial charge in [0.15, 0.2) is 0 Å². The van der Waals surface area contributed by atoms with E-state index in [1.807, 2.05) is 0 Å². The third-order valence-corrected chi connectivity index (χ3v) is 4.69. The Morgan fingerprint density at radius 1 is 1.48 bits per heavy atom. The summed E-state index contributed by atoms with van der Waals surface area (Å²) in [6.07, 6.45) is -3.24. The Bertz CT molecular complexity index is 658. The fourth-order valence-corrected chi connectivity index (χ4v) is 3.39. The number of amides is 1. The van der Waals surface area contributed by atoms with Gasteiger partial charge in [-0.05, 0) is 18.9 Å². The van der Waals surface area contributed by atoms with Crippen molar-refractivity contribution in [2.24, 2.45) is 0 Å². The molecule has 0 saturated carbocycles. The summed E-state index contributed by atoms with van der Waals surface area (Å²) in [5, 5.41) is 15.2. The van der Waals surface area contributed by atoms with Crippen molar-refractivity contribution in [3.05, 3.63) is 22.8 Å². The number of anilines is 1. The smallest absolute Gasteiger partial charge is 0.392 e.